The number of rotatable bonds is 9. The van der Waals surface area contributed by atoms with Crippen molar-refractivity contribution in [2.24, 2.45) is 0 Å². The predicted molar refractivity (Wildman–Crippen MR) is 125 cm³/mol. The molecule has 0 atom stereocenters. The second-order valence-electron chi connectivity index (χ2n) is 7.45. The van der Waals surface area contributed by atoms with E-state index in [1.807, 2.05) is 6.92 Å². The number of carbonyl (C=O) groups excluding carboxylic acids is 2. The first-order valence-corrected chi connectivity index (χ1v) is 12.8. The number of hydrogen-bond donors (Lipinski definition) is 1. The zero-order chi connectivity index (χ0) is 24.0. The first-order valence-electron chi connectivity index (χ1n) is 10.6. The SMILES string of the molecule is CCCc1cc(C(=O)OCC(=O)Nc2ccc(OC)c(S(=O)(=O)N3CCOCC3)c2)sc1C. The number of sulfonamides is 1. The van der Waals surface area contributed by atoms with Crippen LogP contribution in [0.1, 0.15) is 33.5 Å². The Morgan fingerprint density at radius 3 is 2.61 bits per heavy atom. The van der Waals surface area contributed by atoms with Crippen molar-refractivity contribution in [2.75, 3.05) is 45.3 Å². The summed E-state index contributed by atoms with van der Waals surface area (Å²) in [6.07, 6.45) is 1.85. The minimum absolute atomic E-state index is 0.0563. The molecule has 0 spiro atoms. The minimum Gasteiger partial charge on any atom is -0.495 e. The fourth-order valence-corrected chi connectivity index (χ4v) is 5.97. The summed E-state index contributed by atoms with van der Waals surface area (Å²) in [6, 6.07) is 6.13. The molecule has 1 aromatic carbocycles. The lowest BCUT2D eigenvalue weighted by molar-refractivity contribution is -0.119. The standard InChI is InChI=1S/C22H28N2O7S2/c1-4-5-16-12-19(32-15(16)2)22(26)31-14-21(25)23-17-6-7-18(29-3)20(13-17)33(27,28)24-8-10-30-11-9-24/h6-7,12-13H,4-5,8-11,14H2,1-3H3,(H,23,25). The molecule has 2 heterocycles. The molecule has 180 valence electrons. The van der Waals surface area contributed by atoms with E-state index in [9.17, 15) is 18.0 Å². The van der Waals surface area contributed by atoms with Crippen molar-refractivity contribution < 1.29 is 32.2 Å². The van der Waals surface area contributed by atoms with Crippen LogP contribution < -0.4 is 10.1 Å². The summed E-state index contributed by atoms with van der Waals surface area (Å²) in [5.41, 5.74) is 1.35. The first kappa shape index (κ1) is 25.2. The van der Waals surface area contributed by atoms with Gasteiger partial charge in [0.05, 0.1) is 20.3 Å². The van der Waals surface area contributed by atoms with Crippen LogP contribution in [0.2, 0.25) is 0 Å². The van der Waals surface area contributed by atoms with Crippen LogP contribution in [0.5, 0.6) is 5.75 Å². The van der Waals surface area contributed by atoms with Crippen LogP contribution in [0.15, 0.2) is 29.2 Å². The molecular weight excluding hydrogens is 468 g/mol. The number of hydrogen-bond acceptors (Lipinski definition) is 8. The summed E-state index contributed by atoms with van der Waals surface area (Å²) in [4.78, 5) is 26.1. The van der Waals surface area contributed by atoms with E-state index in [4.69, 9.17) is 14.2 Å². The molecule has 3 rings (SSSR count). The molecule has 1 aliphatic heterocycles. The van der Waals surface area contributed by atoms with Crippen LogP contribution in [-0.2, 0) is 30.7 Å². The summed E-state index contributed by atoms with van der Waals surface area (Å²) in [7, 11) is -2.46. The van der Waals surface area contributed by atoms with E-state index in [0.717, 1.165) is 23.3 Å². The second kappa shape index (κ2) is 11.1. The number of carbonyl (C=O) groups is 2. The van der Waals surface area contributed by atoms with E-state index >= 15 is 0 Å². The number of benzene rings is 1. The Hall–Kier alpha value is -2.47. The Bertz CT molecular complexity index is 1110. The fourth-order valence-electron chi connectivity index (χ4n) is 3.42. The molecule has 0 aliphatic carbocycles. The van der Waals surface area contributed by atoms with Crippen molar-refractivity contribution in [3.8, 4) is 5.75 Å². The quantitative estimate of drug-likeness (QED) is 0.532. The number of ether oxygens (including phenoxy) is 3. The van der Waals surface area contributed by atoms with Gasteiger partial charge in [0.2, 0.25) is 10.0 Å². The van der Waals surface area contributed by atoms with Crippen LogP contribution in [0.25, 0.3) is 0 Å². The Morgan fingerprint density at radius 2 is 1.94 bits per heavy atom. The molecule has 9 nitrogen and oxygen atoms in total. The Labute approximate surface area is 197 Å². The molecule has 33 heavy (non-hydrogen) atoms. The number of aryl methyl sites for hydroxylation is 2. The van der Waals surface area contributed by atoms with Crippen molar-refractivity contribution in [2.45, 2.75) is 31.6 Å². The van der Waals surface area contributed by atoms with E-state index in [2.05, 4.69) is 12.2 Å². The fraction of sp³-hybridized carbons (Fsp3) is 0.455. The molecular formula is C22H28N2O7S2. The van der Waals surface area contributed by atoms with Gasteiger partial charge in [0.15, 0.2) is 6.61 Å². The monoisotopic (exact) mass is 496 g/mol. The Morgan fingerprint density at radius 1 is 1.21 bits per heavy atom. The third-order valence-electron chi connectivity index (χ3n) is 5.11. The number of nitrogens with one attached hydrogen (secondary N) is 1. The maximum atomic E-state index is 13.1. The van der Waals surface area contributed by atoms with E-state index < -0.39 is 28.5 Å². The van der Waals surface area contributed by atoms with Crippen LogP contribution in [-0.4, -0.2) is 64.6 Å². The third kappa shape index (κ3) is 6.11. The largest absolute Gasteiger partial charge is 0.495 e. The smallest absolute Gasteiger partial charge is 0.348 e. The van der Waals surface area contributed by atoms with Crippen LogP contribution >= 0.6 is 11.3 Å². The molecule has 0 radical (unpaired) electrons. The number of amides is 1. The average Bonchev–Trinajstić information content (AvgIpc) is 3.18. The molecule has 1 aromatic heterocycles. The summed E-state index contributed by atoms with van der Waals surface area (Å²) >= 11 is 1.34. The van der Waals surface area contributed by atoms with Crippen LogP contribution in [0.3, 0.4) is 0 Å². The molecule has 0 bridgehead atoms. The molecule has 1 aliphatic rings. The molecule has 1 N–H and O–H groups in total. The summed E-state index contributed by atoms with van der Waals surface area (Å²) < 4.78 is 43.0. The summed E-state index contributed by atoms with van der Waals surface area (Å²) in [5, 5.41) is 2.58. The second-order valence-corrected chi connectivity index (χ2v) is 10.6. The Balaban J connectivity index is 1.66. The van der Waals surface area contributed by atoms with Gasteiger partial charge in [-0.15, -0.1) is 11.3 Å². The number of morpholine rings is 1. The molecule has 1 fully saturated rings. The topological polar surface area (TPSA) is 111 Å². The Kier molecular flexibility index (Phi) is 8.46. The van der Waals surface area contributed by atoms with Gasteiger partial charge in [-0.1, -0.05) is 13.3 Å². The van der Waals surface area contributed by atoms with E-state index in [-0.39, 0.29) is 29.4 Å². The van der Waals surface area contributed by atoms with Gasteiger partial charge in [-0.05, 0) is 43.2 Å². The van der Waals surface area contributed by atoms with E-state index in [1.54, 1.807) is 6.07 Å². The lowest BCUT2D eigenvalue weighted by Gasteiger charge is -2.26. The van der Waals surface area contributed by atoms with Gasteiger partial charge in [-0.2, -0.15) is 4.31 Å². The highest BCUT2D eigenvalue weighted by molar-refractivity contribution is 7.89. The molecule has 0 unspecified atom stereocenters. The number of anilines is 1. The van der Waals surface area contributed by atoms with Gasteiger partial charge < -0.3 is 19.5 Å². The number of esters is 1. The first-order chi connectivity index (χ1) is 15.8. The predicted octanol–water partition coefficient (Wildman–Crippen LogP) is 2.83. The highest BCUT2D eigenvalue weighted by Gasteiger charge is 2.29. The number of nitrogens with zero attached hydrogens (tertiary/aromatic N) is 1. The van der Waals surface area contributed by atoms with Gasteiger partial charge in [0, 0.05) is 23.7 Å². The van der Waals surface area contributed by atoms with Crippen molar-refractivity contribution in [3.63, 3.8) is 0 Å². The van der Waals surface area contributed by atoms with E-state index in [0.29, 0.717) is 18.1 Å². The zero-order valence-electron chi connectivity index (χ0n) is 18.9. The zero-order valence-corrected chi connectivity index (χ0v) is 20.5. The highest BCUT2D eigenvalue weighted by Crippen LogP contribution is 2.30. The highest BCUT2D eigenvalue weighted by atomic mass is 32.2. The van der Waals surface area contributed by atoms with Gasteiger partial charge in [-0.3, -0.25) is 4.79 Å². The van der Waals surface area contributed by atoms with Gasteiger partial charge in [-0.25, -0.2) is 13.2 Å². The van der Waals surface area contributed by atoms with Crippen molar-refractivity contribution in [1.82, 2.24) is 4.31 Å². The van der Waals surface area contributed by atoms with Crippen molar-refractivity contribution in [1.29, 1.82) is 0 Å². The summed E-state index contributed by atoms with van der Waals surface area (Å²) in [6.45, 7) is 4.62. The average molecular weight is 497 g/mol. The molecule has 11 heteroatoms. The maximum absolute atomic E-state index is 13.1. The van der Waals surface area contributed by atoms with Crippen molar-refractivity contribution in [3.05, 3.63) is 39.6 Å². The molecule has 0 saturated carbocycles. The minimum atomic E-state index is -3.84. The van der Waals surface area contributed by atoms with Gasteiger partial charge in [0.25, 0.3) is 5.91 Å². The van der Waals surface area contributed by atoms with E-state index in [1.165, 1.54) is 41.0 Å². The van der Waals surface area contributed by atoms with Crippen LogP contribution in [0.4, 0.5) is 5.69 Å². The normalized spacial score (nSPS) is 14.6. The van der Waals surface area contributed by atoms with Gasteiger partial charge in [0.1, 0.15) is 15.5 Å². The lowest BCUT2D eigenvalue weighted by atomic mass is 10.1. The number of methoxy groups -OCH3 is 1. The number of thiophene rings is 1. The molecule has 1 amide bonds. The lowest BCUT2D eigenvalue weighted by Crippen LogP contribution is -2.40. The molecule has 2 aromatic rings. The molecule has 1 saturated heterocycles. The summed E-state index contributed by atoms with van der Waals surface area (Å²) in [5.74, 6) is -0.974. The van der Waals surface area contributed by atoms with Gasteiger partial charge >= 0.3 is 5.97 Å². The third-order valence-corrected chi connectivity index (χ3v) is 8.10. The van der Waals surface area contributed by atoms with Crippen molar-refractivity contribution >= 4 is 38.9 Å². The maximum Gasteiger partial charge on any atom is 0.348 e. The van der Waals surface area contributed by atoms with Crippen LogP contribution in [0, 0.1) is 6.92 Å².